The summed E-state index contributed by atoms with van der Waals surface area (Å²) in [6.45, 7) is 0.0614. The zero-order chi connectivity index (χ0) is 13.8. The number of hydrogen-bond acceptors (Lipinski definition) is 4. The summed E-state index contributed by atoms with van der Waals surface area (Å²) >= 11 is 3.20. The first-order chi connectivity index (χ1) is 8.33. The molecule has 1 N–H and O–H groups in total. The van der Waals surface area contributed by atoms with Gasteiger partial charge in [0.1, 0.15) is 0 Å². The van der Waals surface area contributed by atoms with Gasteiger partial charge in [-0.2, -0.15) is 0 Å². The second kappa shape index (κ2) is 6.26. The zero-order valence-electron chi connectivity index (χ0n) is 10.1. The van der Waals surface area contributed by atoms with E-state index in [2.05, 4.69) is 26.2 Å². The first-order valence-electron chi connectivity index (χ1n) is 5.12. The van der Waals surface area contributed by atoms with E-state index in [1.807, 2.05) is 0 Å². The van der Waals surface area contributed by atoms with Gasteiger partial charge in [0.25, 0.3) is 5.91 Å². The van der Waals surface area contributed by atoms with Gasteiger partial charge in [-0.05, 0) is 22.0 Å². The van der Waals surface area contributed by atoms with Gasteiger partial charge in [0.2, 0.25) is 10.0 Å². The van der Waals surface area contributed by atoms with E-state index in [9.17, 15) is 13.2 Å². The molecule has 1 rings (SSSR count). The van der Waals surface area contributed by atoms with Crippen LogP contribution in [0.1, 0.15) is 10.4 Å². The second-order valence-electron chi connectivity index (χ2n) is 3.75. The minimum absolute atomic E-state index is 0.0614. The highest BCUT2D eigenvalue weighted by atomic mass is 79.9. The van der Waals surface area contributed by atoms with Crippen LogP contribution in [0.4, 0.5) is 0 Å². The first-order valence-corrected chi connectivity index (χ1v) is 7.52. The Balaban J connectivity index is 2.53. The van der Waals surface area contributed by atoms with Crippen molar-refractivity contribution in [3.8, 4) is 0 Å². The maximum Gasteiger partial charge on any atom is 0.252 e. The number of nitrogens with one attached hydrogen (secondary N) is 1. The van der Waals surface area contributed by atoms with Crippen molar-refractivity contribution in [1.82, 2.24) is 14.6 Å². The van der Waals surface area contributed by atoms with Gasteiger partial charge in [0, 0.05) is 37.5 Å². The van der Waals surface area contributed by atoms with Crippen molar-refractivity contribution in [3.63, 3.8) is 0 Å². The van der Waals surface area contributed by atoms with Crippen LogP contribution in [0.3, 0.4) is 0 Å². The van der Waals surface area contributed by atoms with Crippen LogP contribution in [0.2, 0.25) is 0 Å². The number of halogens is 1. The van der Waals surface area contributed by atoms with E-state index in [1.165, 1.54) is 20.3 Å². The van der Waals surface area contributed by atoms with Crippen molar-refractivity contribution in [2.45, 2.75) is 0 Å². The molecule has 1 aromatic heterocycles. The maximum atomic E-state index is 11.7. The van der Waals surface area contributed by atoms with Crippen LogP contribution in [0, 0.1) is 0 Å². The monoisotopic (exact) mass is 335 g/mol. The van der Waals surface area contributed by atoms with Gasteiger partial charge in [-0.25, -0.2) is 12.7 Å². The number of pyridine rings is 1. The number of sulfonamides is 1. The van der Waals surface area contributed by atoms with E-state index in [1.54, 1.807) is 12.3 Å². The molecule has 1 heterocycles. The summed E-state index contributed by atoms with van der Waals surface area (Å²) in [5.74, 6) is -0.481. The first kappa shape index (κ1) is 15.1. The third-order valence-corrected chi connectivity index (χ3v) is 4.44. The average Bonchev–Trinajstić information content (AvgIpc) is 2.28. The largest absolute Gasteiger partial charge is 0.351 e. The van der Waals surface area contributed by atoms with Crippen molar-refractivity contribution < 1.29 is 13.2 Å². The Kier molecular flexibility index (Phi) is 5.24. The van der Waals surface area contributed by atoms with E-state index in [-0.39, 0.29) is 18.2 Å². The van der Waals surface area contributed by atoms with Crippen LogP contribution in [0.15, 0.2) is 22.9 Å². The number of nitrogens with zero attached hydrogens (tertiary/aromatic N) is 2. The lowest BCUT2D eigenvalue weighted by molar-refractivity contribution is 0.0955. The summed E-state index contributed by atoms with van der Waals surface area (Å²) in [6, 6.07) is 1.61. The summed E-state index contributed by atoms with van der Waals surface area (Å²) in [4.78, 5) is 15.5. The molecule has 0 atom stereocenters. The van der Waals surface area contributed by atoms with Crippen LogP contribution in [0.25, 0.3) is 0 Å². The highest BCUT2D eigenvalue weighted by molar-refractivity contribution is 9.10. The number of rotatable bonds is 5. The van der Waals surface area contributed by atoms with Crippen LogP contribution in [0.5, 0.6) is 0 Å². The molecule has 18 heavy (non-hydrogen) atoms. The molecule has 0 radical (unpaired) electrons. The molecule has 0 bridgehead atoms. The summed E-state index contributed by atoms with van der Waals surface area (Å²) in [5, 5.41) is 2.53. The summed E-state index contributed by atoms with van der Waals surface area (Å²) < 4.78 is 24.7. The predicted octanol–water partition coefficient (Wildman–Crippen LogP) is 0.465. The van der Waals surface area contributed by atoms with E-state index in [0.29, 0.717) is 10.0 Å². The maximum absolute atomic E-state index is 11.7. The van der Waals surface area contributed by atoms with Crippen LogP contribution < -0.4 is 5.32 Å². The van der Waals surface area contributed by atoms with Crippen LogP contribution >= 0.6 is 15.9 Å². The number of aromatic nitrogens is 1. The quantitative estimate of drug-likeness (QED) is 0.848. The lowest BCUT2D eigenvalue weighted by Crippen LogP contribution is -2.33. The van der Waals surface area contributed by atoms with Crippen molar-refractivity contribution in [3.05, 3.63) is 28.5 Å². The second-order valence-corrected chi connectivity index (χ2v) is 6.96. The molecule has 0 saturated heterocycles. The zero-order valence-corrected chi connectivity index (χ0v) is 12.5. The Morgan fingerprint density at radius 3 is 2.67 bits per heavy atom. The van der Waals surface area contributed by atoms with Gasteiger partial charge < -0.3 is 5.32 Å². The highest BCUT2D eigenvalue weighted by Crippen LogP contribution is 2.09. The van der Waals surface area contributed by atoms with E-state index >= 15 is 0 Å². The van der Waals surface area contributed by atoms with Crippen LogP contribution in [-0.4, -0.2) is 50.0 Å². The smallest absolute Gasteiger partial charge is 0.252 e. The third kappa shape index (κ3) is 4.35. The SMILES string of the molecule is CN(C)S(=O)(=O)CCNC(=O)c1cncc(Br)c1. The van der Waals surface area contributed by atoms with Gasteiger partial charge in [-0.3, -0.25) is 9.78 Å². The molecule has 0 aliphatic carbocycles. The van der Waals surface area contributed by atoms with Crippen LogP contribution in [-0.2, 0) is 10.0 Å². The lowest BCUT2D eigenvalue weighted by atomic mass is 10.3. The van der Waals surface area contributed by atoms with E-state index in [0.717, 1.165) is 4.31 Å². The fourth-order valence-corrected chi connectivity index (χ4v) is 2.20. The lowest BCUT2D eigenvalue weighted by Gasteiger charge is -2.11. The molecular weight excluding hydrogens is 322 g/mol. The Labute approximate surface area is 115 Å². The number of carbonyl (C=O) groups excluding carboxylic acids is 1. The number of carbonyl (C=O) groups is 1. The fraction of sp³-hybridized carbons (Fsp3) is 0.400. The Bertz CT molecular complexity index is 531. The molecule has 6 nitrogen and oxygen atoms in total. The number of hydrogen-bond donors (Lipinski definition) is 1. The highest BCUT2D eigenvalue weighted by Gasteiger charge is 2.14. The Morgan fingerprint density at radius 2 is 2.11 bits per heavy atom. The van der Waals surface area contributed by atoms with Gasteiger partial charge in [0.15, 0.2) is 0 Å². The molecule has 0 aliphatic rings. The summed E-state index contributed by atoms with van der Waals surface area (Å²) in [7, 11) is -0.383. The number of amides is 1. The van der Waals surface area contributed by atoms with Gasteiger partial charge in [0.05, 0.1) is 11.3 Å². The molecule has 100 valence electrons. The van der Waals surface area contributed by atoms with Gasteiger partial charge in [-0.1, -0.05) is 0 Å². The molecule has 1 aromatic rings. The van der Waals surface area contributed by atoms with Gasteiger partial charge >= 0.3 is 0 Å². The predicted molar refractivity (Wildman–Crippen MR) is 71.7 cm³/mol. The molecule has 0 fully saturated rings. The molecule has 0 saturated carbocycles. The van der Waals surface area contributed by atoms with E-state index < -0.39 is 10.0 Å². The molecule has 0 aromatic carbocycles. The van der Waals surface area contributed by atoms with Crippen molar-refractivity contribution in [1.29, 1.82) is 0 Å². The topological polar surface area (TPSA) is 79.4 Å². The molecule has 0 unspecified atom stereocenters. The standard InChI is InChI=1S/C10H14BrN3O3S/c1-14(2)18(16,17)4-3-13-10(15)8-5-9(11)7-12-6-8/h5-7H,3-4H2,1-2H3,(H,13,15). The normalized spacial score (nSPS) is 11.6. The molecule has 1 amide bonds. The van der Waals surface area contributed by atoms with Crippen molar-refractivity contribution in [2.75, 3.05) is 26.4 Å². The molecule has 0 aliphatic heterocycles. The summed E-state index contributed by atoms with van der Waals surface area (Å²) in [6.07, 6.45) is 2.98. The molecule has 0 spiro atoms. The Hall–Kier alpha value is -0.990. The van der Waals surface area contributed by atoms with Crippen molar-refractivity contribution >= 4 is 31.9 Å². The minimum atomic E-state index is -3.29. The van der Waals surface area contributed by atoms with E-state index in [4.69, 9.17) is 0 Å². The van der Waals surface area contributed by atoms with Crippen molar-refractivity contribution in [2.24, 2.45) is 0 Å². The minimum Gasteiger partial charge on any atom is -0.351 e. The van der Waals surface area contributed by atoms with Gasteiger partial charge in [-0.15, -0.1) is 0 Å². The third-order valence-electron chi connectivity index (χ3n) is 2.17. The average molecular weight is 336 g/mol. The molecular formula is C10H14BrN3O3S. The Morgan fingerprint density at radius 1 is 1.44 bits per heavy atom. The molecule has 8 heteroatoms. The summed E-state index contributed by atoms with van der Waals surface area (Å²) in [5.41, 5.74) is 0.381. The fourth-order valence-electron chi connectivity index (χ4n) is 1.11.